The van der Waals surface area contributed by atoms with E-state index in [4.69, 9.17) is 0 Å². The van der Waals surface area contributed by atoms with Crippen molar-refractivity contribution in [3.05, 3.63) is 11.6 Å². The maximum atomic E-state index is 2.67. The van der Waals surface area contributed by atoms with Crippen LogP contribution in [0.5, 0.6) is 0 Å². The van der Waals surface area contributed by atoms with Gasteiger partial charge in [-0.2, -0.15) is 0 Å². The van der Waals surface area contributed by atoms with E-state index in [0.29, 0.717) is 10.8 Å². The van der Waals surface area contributed by atoms with Crippen molar-refractivity contribution in [2.45, 2.75) is 101 Å². The van der Waals surface area contributed by atoms with Crippen LogP contribution in [0.2, 0.25) is 0 Å². The van der Waals surface area contributed by atoms with E-state index in [0.717, 1.165) is 35.5 Å². The third-order valence-electron chi connectivity index (χ3n) is 8.55. The molecule has 0 heteroatoms. The highest BCUT2D eigenvalue weighted by Gasteiger charge is 2.61. The summed E-state index contributed by atoms with van der Waals surface area (Å²) in [5, 5.41) is 0. The lowest BCUT2D eigenvalue weighted by Crippen LogP contribution is -2.43. The van der Waals surface area contributed by atoms with E-state index in [2.05, 4.69) is 40.7 Å². The average Bonchev–Trinajstić information content (AvgIpc) is 3.16. The van der Waals surface area contributed by atoms with Crippen LogP contribution in [0.25, 0.3) is 0 Å². The fraction of sp³-hybridized carbons (Fsp3) is 0.920. The lowest BCUT2D eigenvalue weighted by atomic mass is 9.55. The molecule has 0 bridgehead atoms. The van der Waals surface area contributed by atoms with E-state index in [1.54, 1.807) is 0 Å². The second-order valence-corrected chi connectivity index (χ2v) is 9.84. The van der Waals surface area contributed by atoms with E-state index < -0.39 is 0 Å². The van der Waals surface area contributed by atoms with Crippen molar-refractivity contribution in [1.82, 2.24) is 0 Å². The molecule has 146 valence electrons. The lowest BCUT2D eigenvalue weighted by Gasteiger charge is -2.50. The van der Waals surface area contributed by atoms with Gasteiger partial charge in [-0.05, 0) is 84.9 Å². The number of fused-ring (bicyclic) bond motifs is 5. The van der Waals surface area contributed by atoms with Crippen molar-refractivity contribution < 1.29 is 0 Å². The summed E-state index contributed by atoms with van der Waals surface area (Å²) in [5.41, 5.74) is 3.11. The van der Waals surface area contributed by atoms with Crippen molar-refractivity contribution in [2.24, 2.45) is 46.3 Å². The zero-order valence-corrected chi connectivity index (χ0v) is 18.8. The summed E-state index contributed by atoms with van der Waals surface area (Å²) in [4.78, 5) is 0. The number of hydrogen-bond donors (Lipinski definition) is 0. The van der Waals surface area contributed by atoms with Gasteiger partial charge < -0.3 is 0 Å². The summed E-state index contributed by atoms with van der Waals surface area (Å²) in [6.45, 7) is 20.7. The lowest BCUT2D eigenvalue weighted by molar-refractivity contribution is -0.0137. The summed E-state index contributed by atoms with van der Waals surface area (Å²) in [6.07, 6.45) is 11.6. The molecule has 0 aliphatic heterocycles. The van der Waals surface area contributed by atoms with E-state index in [-0.39, 0.29) is 0 Å². The number of allylic oxidation sites excluding steroid dienone is 2. The van der Waals surface area contributed by atoms with Crippen LogP contribution >= 0.6 is 0 Å². The predicted molar refractivity (Wildman–Crippen MR) is 113 cm³/mol. The molecule has 0 heterocycles. The van der Waals surface area contributed by atoms with Crippen LogP contribution in [-0.2, 0) is 0 Å². The zero-order chi connectivity index (χ0) is 19.0. The van der Waals surface area contributed by atoms with Crippen LogP contribution in [0.3, 0.4) is 0 Å². The van der Waals surface area contributed by atoms with Crippen molar-refractivity contribution in [2.75, 3.05) is 0 Å². The maximum absolute atomic E-state index is 2.67. The van der Waals surface area contributed by atoms with Crippen LogP contribution in [0, 0.1) is 46.3 Å². The molecule has 0 nitrogen and oxygen atoms in total. The van der Waals surface area contributed by atoms with Gasteiger partial charge >= 0.3 is 0 Å². The molecule has 4 aliphatic rings. The molecule has 4 aliphatic carbocycles. The minimum absolute atomic E-state index is 0.585. The van der Waals surface area contributed by atoms with Crippen molar-refractivity contribution >= 4 is 0 Å². The SMILES string of the molecule is CC.CC.CC1C=C2CC3C(CCC4(C)C(C(C)C)CCC34)C2(C)C1. The van der Waals surface area contributed by atoms with Gasteiger partial charge in [0, 0.05) is 0 Å². The van der Waals surface area contributed by atoms with Crippen LogP contribution in [0.4, 0.5) is 0 Å². The fourth-order valence-corrected chi connectivity index (χ4v) is 7.84. The van der Waals surface area contributed by atoms with E-state index in [1.807, 2.05) is 33.3 Å². The second-order valence-electron chi connectivity index (χ2n) is 9.84. The molecule has 0 saturated heterocycles. The molecular weight excluding hydrogens is 300 g/mol. The molecule has 0 aromatic carbocycles. The number of hydrogen-bond acceptors (Lipinski definition) is 0. The minimum atomic E-state index is 0.585. The van der Waals surface area contributed by atoms with Crippen LogP contribution in [0.1, 0.15) is 101 Å². The monoisotopic (exact) mass is 346 g/mol. The van der Waals surface area contributed by atoms with Gasteiger partial charge in [0.05, 0.1) is 0 Å². The van der Waals surface area contributed by atoms with Gasteiger partial charge in [0.25, 0.3) is 0 Å². The summed E-state index contributed by atoms with van der Waals surface area (Å²) in [6, 6.07) is 0. The molecule has 0 N–H and O–H groups in total. The molecule has 3 saturated carbocycles. The van der Waals surface area contributed by atoms with Crippen molar-refractivity contribution in [3.63, 3.8) is 0 Å². The quantitative estimate of drug-likeness (QED) is 0.420. The fourth-order valence-electron chi connectivity index (χ4n) is 7.84. The molecule has 0 aromatic heterocycles. The maximum Gasteiger partial charge on any atom is -0.00796 e. The molecule has 0 aromatic rings. The topological polar surface area (TPSA) is 0 Å². The zero-order valence-electron chi connectivity index (χ0n) is 18.8. The smallest absolute Gasteiger partial charge is 0.00796 e. The molecule has 25 heavy (non-hydrogen) atoms. The first-order valence-corrected chi connectivity index (χ1v) is 11.6. The normalized spacial score (nSPS) is 47.0. The van der Waals surface area contributed by atoms with Crippen molar-refractivity contribution in [3.8, 4) is 0 Å². The molecule has 7 unspecified atom stereocenters. The van der Waals surface area contributed by atoms with Gasteiger partial charge in [0.1, 0.15) is 0 Å². The van der Waals surface area contributed by atoms with Gasteiger partial charge in [-0.15, -0.1) is 0 Å². The van der Waals surface area contributed by atoms with Crippen LogP contribution in [-0.4, -0.2) is 0 Å². The minimum Gasteiger partial charge on any atom is -0.0819 e. The highest BCUT2D eigenvalue weighted by molar-refractivity contribution is 5.30. The predicted octanol–water partition coefficient (Wildman–Crippen LogP) is 8.13. The first kappa shape index (κ1) is 21.0. The molecule has 0 radical (unpaired) electrons. The highest BCUT2D eigenvalue weighted by atomic mass is 14.7. The summed E-state index contributed by atoms with van der Waals surface area (Å²) >= 11 is 0. The number of rotatable bonds is 1. The molecule has 0 spiro atoms. The van der Waals surface area contributed by atoms with E-state index >= 15 is 0 Å². The Bertz CT molecular complexity index is 472. The standard InChI is InChI=1S/C21H34.2C2H6/c1-13(2)17-6-7-18-16-11-15-10-14(3)12-21(15,5)19(16)8-9-20(17,18)4;2*1-2/h10,13-14,16-19H,6-9,11-12H2,1-5H3;2*1-2H3. The Labute approximate surface area is 159 Å². The second kappa shape index (κ2) is 7.77. The molecular formula is C25H46. The van der Waals surface area contributed by atoms with Crippen molar-refractivity contribution in [1.29, 1.82) is 0 Å². The third-order valence-corrected chi connectivity index (χ3v) is 8.55. The Hall–Kier alpha value is -0.260. The van der Waals surface area contributed by atoms with Crippen LogP contribution in [0.15, 0.2) is 11.6 Å². The molecule has 3 fully saturated rings. The first-order chi connectivity index (χ1) is 11.9. The molecule has 4 rings (SSSR count). The Morgan fingerprint density at radius 2 is 1.60 bits per heavy atom. The van der Waals surface area contributed by atoms with E-state index in [1.165, 1.54) is 38.5 Å². The third kappa shape index (κ3) is 3.14. The van der Waals surface area contributed by atoms with Gasteiger partial charge in [-0.3, -0.25) is 0 Å². The Kier molecular flexibility index (Phi) is 6.54. The van der Waals surface area contributed by atoms with Crippen LogP contribution < -0.4 is 0 Å². The first-order valence-electron chi connectivity index (χ1n) is 11.6. The van der Waals surface area contributed by atoms with Gasteiger partial charge in [0.2, 0.25) is 0 Å². The van der Waals surface area contributed by atoms with E-state index in [9.17, 15) is 0 Å². The van der Waals surface area contributed by atoms with Gasteiger partial charge in [-0.25, -0.2) is 0 Å². The Morgan fingerprint density at radius 3 is 2.20 bits per heavy atom. The molecule has 7 atom stereocenters. The van der Waals surface area contributed by atoms with Gasteiger partial charge in [0.15, 0.2) is 0 Å². The highest BCUT2D eigenvalue weighted by Crippen LogP contribution is 2.70. The molecule has 0 amide bonds. The Balaban J connectivity index is 0.000000528. The summed E-state index contributed by atoms with van der Waals surface area (Å²) in [5.74, 6) is 5.78. The average molecular weight is 347 g/mol. The Morgan fingerprint density at radius 1 is 0.960 bits per heavy atom. The largest absolute Gasteiger partial charge is 0.0819 e. The van der Waals surface area contributed by atoms with Gasteiger partial charge in [-0.1, -0.05) is 74.0 Å². The summed E-state index contributed by atoms with van der Waals surface area (Å²) < 4.78 is 0. The summed E-state index contributed by atoms with van der Waals surface area (Å²) in [7, 11) is 0.